The van der Waals surface area contributed by atoms with E-state index in [1.165, 1.54) is 45.2 Å². The van der Waals surface area contributed by atoms with Gasteiger partial charge in [-0.2, -0.15) is 0 Å². The maximum atomic E-state index is 10.1. The molecule has 3 nitrogen and oxygen atoms in total. The van der Waals surface area contributed by atoms with E-state index in [0.717, 1.165) is 31.3 Å². The second-order valence-electron chi connectivity index (χ2n) is 7.73. The van der Waals surface area contributed by atoms with Crippen LogP contribution in [0.15, 0.2) is 0 Å². The molecule has 0 aromatic carbocycles. The van der Waals surface area contributed by atoms with Crippen molar-refractivity contribution in [3.8, 4) is 0 Å². The Morgan fingerprint density at radius 3 is 2.52 bits per heavy atom. The van der Waals surface area contributed by atoms with Gasteiger partial charge in [-0.25, -0.2) is 0 Å². The van der Waals surface area contributed by atoms with Crippen LogP contribution in [-0.2, 0) is 0 Å². The Kier molecular flexibility index (Phi) is 6.51. The van der Waals surface area contributed by atoms with Gasteiger partial charge >= 0.3 is 0 Å². The van der Waals surface area contributed by atoms with E-state index in [1.807, 2.05) is 0 Å². The number of nitrogens with one attached hydrogen (secondary N) is 1. The van der Waals surface area contributed by atoms with E-state index in [9.17, 15) is 5.11 Å². The molecule has 2 N–H and O–H groups in total. The van der Waals surface area contributed by atoms with E-state index in [4.69, 9.17) is 0 Å². The molecule has 2 aliphatic rings. The van der Waals surface area contributed by atoms with Gasteiger partial charge in [-0.1, -0.05) is 20.8 Å². The minimum Gasteiger partial charge on any atom is -0.394 e. The minimum absolute atomic E-state index is 0.0341. The number of rotatable bonds is 8. The fourth-order valence-electron chi connectivity index (χ4n) is 3.98. The molecule has 1 heterocycles. The Morgan fingerprint density at radius 1 is 1.19 bits per heavy atom. The lowest BCUT2D eigenvalue weighted by Gasteiger charge is -2.38. The van der Waals surface area contributed by atoms with Crippen LogP contribution in [0.1, 0.15) is 59.3 Å². The summed E-state index contributed by atoms with van der Waals surface area (Å²) in [6, 6.07) is 0. The van der Waals surface area contributed by atoms with Crippen LogP contribution in [0.5, 0.6) is 0 Å². The number of nitrogens with zero attached hydrogens (tertiary/aromatic N) is 1. The molecule has 1 saturated carbocycles. The average molecular weight is 296 g/mol. The number of hydrogen-bond acceptors (Lipinski definition) is 3. The molecule has 2 rings (SSSR count). The molecule has 21 heavy (non-hydrogen) atoms. The van der Waals surface area contributed by atoms with Crippen LogP contribution in [0, 0.1) is 17.8 Å². The number of likely N-dealkylation sites (tertiary alicyclic amines) is 1. The summed E-state index contributed by atoms with van der Waals surface area (Å²) >= 11 is 0. The third kappa shape index (κ3) is 4.67. The van der Waals surface area contributed by atoms with E-state index < -0.39 is 0 Å². The van der Waals surface area contributed by atoms with Crippen molar-refractivity contribution in [3.05, 3.63) is 0 Å². The van der Waals surface area contributed by atoms with Crippen molar-refractivity contribution in [2.75, 3.05) is 32.8 Å². The summed E-state index contributed by atoms with van der Waals surface area (Å²) < 4.78 is 0. The molecule has 2 unspecified atom stereocenters. The van der Waals surface area contributed by atoms with Crippen LogP contribution in [0.4, 0.5) is 0 Å². The van der Waals surface area contributed by atoms with Crippen molar-refractivity contribution in [2.45, 2.75) is 64.8 Å². The Hall–Kier alpha value is -0.120. The molecule has 0 aromatic heterocycles. The monoisotopic (exact) mass is 296 g/mol. The van der Waals surface area contributed by atoms with Crippen molar-refractivity contribution < 1.29 is 5.11 Å². The van der Waals surface area contributed by atoms with Crippen molar-refractivity contribution in [2.24, 2.45) is 17.8 Å². The molecule has 2 fully saturated rings. The van der Waals surface area contributed by atoms with E-state index >= 15 is 0 Å². The lowest BCUT2D eigenvalue weighted by atomic mass is 9.89. The molecule has 1 aliphatic heterocycles. The normalized spacial score (nSPS) is 27.6. The van der Waals surface area contributed by atoms with Gasteiger partial charge in [0.25, 0.3) is 0 Å². The van der Waals surface area contributed by atoms with E-state index in [0.29, 0.717) is 12.5 Å². The molecule has 1 aliphatic carbocycles. The highest BCUT2D eigenvalue weighted by Gasteiger charge is 2.45. The second kappa shape index (κ2) is 7.94. The predicted octanol–water partition coefficient (Wildman–Crippen LogP) is 2.89. The average Bonchev–Trinajstić information content (AvgIpc) is 3.30. The van der Waals surface area contributed by atoms with Crippen LogP contribution >= 0.6 is 0 Å². The van der Waals surface area contributed by atoms with Gasteiger partial charge in [-0.3, -0.25) is 0 Å². The van der Waals surface area contributed by atoms with Gasteiger partial charge in [0.15, 0.2) is 0 Å². The Balaban J connectivity index is 1.93. The second-order valence-corrected chi connectivity index (χ2v) is 7.73. The topological polar surface area (TPSA) is 35.5 Å². The van der Waals surface area contributed by atoms with E-state index in [2.05, 4.69) is 31.0 Å². The van der Waals surface area contributed by atoms with Crippen LogP contribution in [-0.4, -0.2) is 48.3 Å². The van der Waals surface area contributed by atoms with Gasteiger partial charge in [-0.15, -0.1) is 0 Å². The van der Waals surface area contributed by atoms with Crippen molar-refractivity contribution in [1.82, 2.24) is 10.2 Å². The molecular formula is C18H36N2O. The summed E-state index contributed by atoms with van der Waals surface area (Å²) in [5.41, 5.74) is -0.0341. The van der Waals surface area contributed by atoms with Crippen LogP contribution < -0.4 is 5.32 Å². The lowest BCUT2D eigenvalue weighted by molar-refractivity contribution is 0.0911. The quantitative estimate of drug-likeness (QED) is 0.723. The van der Waals surface area contributed by atoms with Crippen molar-refractivity contribution in [1.29, 1.82) is 0 Å². The summed E-state index contributed by atoms with van der Waals surface area (Å²) in [4.78, 5) is 2.62. The Morgan fingerprint density at radius 2 is 1.95 bits per heavy atom. The fourth-order valence-corrected chi connectivity index (χ4v) is 3.98. The highest BCUT2D eigenvalue weighted by Crippen LogP contribution is 2.40. The summed E-state index contributed by atoms with van der Waals surface area (Å²) in [5, 5.41) is 13.8. The summed E-state index contributed by atoms with van der Waals surface area (Å²) in [6.45, 7) is 11.7. The van der Waals surface area contributed by atoms with Crippen LogP contribution in [0.3, 0.4) is 0 Å². The van der Waals surface area contributed by atoms with Gasteiger partial charge in [0.05, 0.1) is 12.1 Å². The van der Waals surface area contributed by atoms with Gasteiger partial charge in [0.2, 0.25) is 0 Å². The molecule has 0 spiro atoms. The SMILES string of the molecule is CCCNC(CO)(CN1CCCC(C(C)C)CC1)C1CC1. The maximum Gasteiger partial charge on any atom is 0.0628 e. The third-order valence-corrected chi connectivity index (χ3v) is 5.68. The van der Waals surface area contributed by atoms with Gasteiger partial charge < -0.3 is 15.3 Å². The van der Waals surface area contributed by atoms with Gasteiger partial charge in [-0.05, 0) is 75.9 Å². The minimum atomic E-state index is -0.0341. The van der Waals surface area contributed by atoms with Crippen LogP contribution in [0.25, 0.3) is 0 Å². The van der Waals surface area contributed by atoms with Gasteiger partial charge in [0.1, 0.15) is 0 Å². The first-order chi connectivity index (χ1) is 10.1. The molecule has 2 atom stereocenters. The third-order valence-electron chi connectivity index (χ3n) is 5.68. The molecule has 0 bridgehead atoms. The van der Waals surface area contributed by atoms with Crippen molar-refractivity contribution >= 4 is 0 Å². The zero-order chi connectivity index (χ0) is 15.3. The fraction of sp³-hybridized carbons (Fsp3) is 1.00. The summed E-state index contributed by atoms with van der Waals surface area (Å²) in [6.07, 6.45) is 7.76. The van der Waals surface area contributed by atoms with E-state index in [1.54, 1.807) is 0 Å². The number of aliphatic hydroxyl groups is 1. The number of hydrogen-bond donors (Lipinski definition) is 2. The largest absolute Gasteiger partial charge is 0.394 e. The Labute approximate surface area is 131 Å². The first-order valence-corrected chi connectivity index (χ1v) is 9.19. The zero-order valence-electron chi connectivity index (χ0n) is 14.4. The maximum absolute atomic E-state index is 10.1. The van der Waals surface area contributed by atoms with Crippen molar-refractivity contribution in [3.63, 3.8) is 0 Å². The summed E-state index contributed by atoms with van der Waals surface area (Å²) in [7, 11) is 0. The first kappa shape index (κ1) is 17.2. The summed E-state index contributed by atoms with van der Waals surface area (Å²) in [5.74, 6) is 2.40. The molecule has 0 aromatic rings. The number of aliphatic hydroxyl groups excluding tert-OH is 1. The molecule has 0 radical (unpaired) electrons. The van der Waals surface area contributed by atoms with Crippen LogP contribution in [0.2, 0.25) is 0 Å². The molecular weight excluding hydrogens is 260 g/mol. The molecule has 0 amide bonds. The lowest BCUT2D eigenvalue weighted by Crippen LogP contribution is -2.58. The standard InChI is InChI=1S/C18H36N2O/c1-4-10-19-18(14-21,17-7-8-17)13-20-11-5-6-16(9-12-20)15(2)3/h15-17,19,21H,4-14H2,1-3H3. The highest BCUT2D eigenvalue weighted by atomic mass is 16.3. The zero-order valence-corrected chi connectivity index (χ0v) is 14.4. The Bertz CT molecular complexity index is 304. The molecule has 1 saturated heterocycles. The smallest absolute Gasteiger partial charge is 0.0628 e. The predicted molar refractivity (Wildman–Crippen MR) is 89.5 cm³/mol. The first-order valence-electron chi connectivity index (χ1n) is 9.19. The molecule has 124 valence electrons. The molecule has 3 heteroatoms. The van der Waals surface area contributed by atoms with E-state index in [-0.39, 0.29) is 5.54 Å². The van der Waals surface area contributed by atoms with Gasteiger partial charge in [0, 0.05) is 6.54 Å². The highest BCUT2D eigenvalue weighted by molar-refractivity contribution is 5.03.